The SMILES string of the molecule is CON(C)C(=O)Cc1cccnc1CO. The summed E-state index contributed by atoms with van der Waals surface area (Å²) in [6, 6.07) is 3.49. The third-order valence-electron chi connectivity index (χ3n) is 2.10. The zero-order valence-electron chi connectivity index (χ0n) is 8.80. The van der Waals surface area contributed by atoms with Crippen LogP contribution in [0, 0.1) is 0 Å². The van der Waals surface area contributed by atoms with Crippen molar-refractivity contribution in [3.8, 4) is 0 Å². The van der Waals surface area contributed by atoms with Crippen molar-refractivity contribution < 1.29 is 14.7 Å². The van der Waals surface area contributed by atoms with Crippen molar-refractivity contribution in [2.75, 3.05) is 14.2 Å². The summed E-state index contributed by atoms with van der Waals surface area (Å²) >= 11 is 0. The Balaban J connectivity index is 2.76. The van der Waals surface area contributed by atoms with E-state index in [0.29, 0.717) is 11.3 Å². The fraction of sp³-hybridized carbons (Fsp3) is 0.400. The van der Waals surface area contributed by atoms with Gasteiger partial charge in [0.15, 0.2) is 0 Å². The van der Waals surface area contributed by atoms with E-state index in [1.165, 1.54) is 14.2 Å². The van der Waals surface area contributed by atoms with E-state index in [2.05, 4.69) is 4.98 Å². The van der Waals surface area contributed by atoms with Gasteiger partial charge in [0.2, 0.25) is 5.91 Å². The maximum Gasteiger partial charge on any atom is 0.250 e. The van der Waals surface area contributed by atoms with Crippen LogP contribution in [0.5, 0.6) is 0 Å². The van der Waals surface area contributed by atoms with E-state index < -0.39 is 0 Å². The van der Waals surface area contributed by atoms with E-state index in [1.807, 2.05) is 0 Å². The van der Waals surface area contributed by atoms with Gasteiger partial charge in [0.05, 0.1) is 25.8 Å². The number of nitrogens with zero attached hydrogens (tertiary/aromatic N) is 2. The number of amides is 1. The molecule has 82 valence electrons. The molecular weight excluding hydrogens is 196 g/mol. The number of carbonyl (C=O) groups is 1. The van der Waals surface area contributed by atoms with Crippen LogP contribution < -0.4 is 0 Å². The van der Waals surface area contributed by atoms with Crippen molar-refractivity contribution in [1.82, 2.24) is 10.0 Å². The van der Waals surface area contributed by atoms with Crippen LogP contribution in [-0.2, 0) is 22.7 Å². The van der Waals surface area contributed by atoms with Crippen LogP contribution in [0.2, 0.25) is 0 Å². The molecule has 1 amide bonds. The lowest BCUT2D eigenvalue weighted by atomic mass is 10.1. The Kier molecular flexibility index (Phi) is 4.20. The third-order valence-corrected chi connectivity index (χ3v) is 2.10. The molecule has 0 aliphatic rings. The van der Waals surface area contributed by atoms with Gasteiger partial charge in [-0.15, -0.1) is 0 Å². The average molecular weight is 210 g/mol. The molecule has 0 spiro atoms. The van der Waals surface area contributed by atoms with Gasteiger partial charge in [-0.25, -0.2) is 5.06 Å². The summed E-state index contributed by atoms with van der Waals surface area (Å²) in [5.74, 6) is -0.180. The molecule has 15 heavy (non-hydrogen) atoms. The summed E-state index contributed by atoms with van der Waals surface area (Å²) in [4.78, 5) is 20.2. The minimum Gasteiger partial charge on any atom is -0.390 e. The number of aliphatic hydroxyl groups is 1. The lowest BCUT2D eigenvalue weighted by Gasteiger charge is -2.14. The molecule has 0 aliphatic heterocycles. The van der Waals surface area contributed by atoms with Crippen molar-refractivity contribution in [3.63, 3.8) is 0 Å². The van der Waals surface area contributed by atoms with Crippen molar-refractivity contribution >= 4 is 5.91 Å². The minimum atomic E-state index is -0.180. The third kappa shape index (κ3) is 3.00. The lowest BCUT2D eigenvalue weighted by Crippen LogP contribution is -2.27. The molecule has 0 bridgehead atoms. The van der Waals surface area contributed by atoms with E-state index in [-0.39, 0.29) is 18.9 Å². The van der Waals surface area contributed by atoms with E-state index in [1.54, 1.807) is 18.3 Å². The highest BCUT2D eigenvalue weighted by molar-refractivity contribution is 5.77. The zero-order valence-corrected chi connectivity index (χ0v) is 8.80. The molecule has 0 fully saturated rings. The molecule has 1 N–H and O–H groups in total. The number of hydrogen-bond donors (Lipinski definition) is 1. The Morgan fingerprint density at radius 2 is 2.40 bits per heavy atom. The smallest absolute Gasteiger partial charge is 0.250 e. The quantitative estimate of drug-likeness (QED) is 0.718. The van der Waals surface area contributed by atoms with Crippen LogP contribution >= 0.6 is 0 Å². The maximum atomic E-state index is 11.5. The van der Waals surface area contributed by atoms with E-state index in [0.717, 1.165) is 5.06 Å². The largest absolute Gasteiger partial charge is 0.390 e. The summed E-state index contributed by atoms with van der Waals surface area (Å²) in [5, 5.41) is 10.2. The van der Waals surface area contributed by atoms with Crippen molar-refractivity contribution in [3.05, 3.63) is 29.6 Å². The second-order valence-corrected chi connectivity index (χ2v) is 3.02. The molecule has 0 aliphatic carbocycles. The molecule has 1 rings (SSSR count). The fourth-order valence-electron chi connectivity index (χ4n) is 1.15. The van der Waals surface area contributed by atoms with Crippen LogP contribution in [0.15, 0.2) is 18.3 Å². The zero-order chi connectivity index (χ0) is 11.3. The fourth-order valence-corrected chi connectivity index (χ4v) is 1.15. The van der Waals surface area contributed by atoms with E-state index in [4.69, 9.17) is 9.94 Å². The first-order valence-corrected chi connectivity index (χ1v) is 4.53. The number of carbonyl (C=O) groups excluding carboxylic acids is 1. The van der Waals surface area contributed by atoms with Gasteiger partial charge in [-0.2, -0.15) is 0 Å². The van der Waals surface area contributed by atoms with Gasteiger partial charge in [-0.05, 0) is 11.6 Å². The number of hydroxylamine groups is 2. The second-order valence-electron chi connectivity index (χ2n) is 3.02. The highest BCUT2D eigenvalue weighted by atomic mass is 16.7. The first-order chi connectivity index (χ1) is 7.19. The molecule has 0 radical (unpaired) electrons. The second kappa shape index (κ2) is 5.43. The molecule has 0 saturated heterocycles. The molecule has 0 unspecified atom stereocenters. The van der Waals surface area contributed by atoms with Gasteiger partial charge in [0.1, 0.15) is 0 Å². The Labute approximate surface area is 88.3 Å². The number of rotatable bonds is 4. The van der Waals surface area contributed by atoms with Crippen LogP contribution in [0.3, 0.4) is 0 Å². The van der Waals surface area contributed by atoms with Crippen molar-refractivity contribution in [1.29, 1.82) is 0 Å². The Morgan fingerprint density at radius 1 is 1.67 bits per heavy atom. The average Bonchev–Trinajstić information content (AvgIpc) is 2.28. The highest BCUT2D eigenvalue weighted by Gasteiger charge is 2.11. The Morgan fingerprint density at radius 3 is 3.00 bits per heavy atom. The minimum absolute atomic E-state index is 0.167. The van der Waals surface area contributed by atoms with Crippen LogP contribution in [0.1, 0.15) is 11.3 Å². The summed E-state index contributed by atoms with van der Waals surface area (Å²) < 4.78 is 0. The molecule has 0 saturated carbocycles. The monoisotopic (exact) mass is 210 g/mol. The topological polar surface area (TPSA) is 62.7 Å². The van der Waals surface area contributed by atoms with Crippen molar-refractivity contribution in [2.45, 2.75) is 13.0 Å². The first-order valence-electron chi connectivity index (χ1n) is 4.53. The van der Waals surface area contributed by atoms with Gasteiger partial charge in [-0.1, -0.05) is 6.07 Å². The van der Waals surface area contributed by atoms with Gasteiger partial charge in [0, 0.05) is 13.2 Å². The van der Waals surface area contributed by atoms with Crippen LogP contribution in [0.4, 0.5) is 0 Å². The number of likely N-dealkylation sites (N-methyl/N-ethyl adjacent to an activating group) is 1. The standard InChI is InChI=1S/C10H14N2O3/c1-12(15-2)10(14)6-8-4-3-5-11-9(8)7-13/h3-5,13H,6-7H2,1-2H3. The van der Waals surface area contributed by atoms with E-state index in [9.17, 15) is 4.79 Å². The lowest BCUT2D eigenvalue weighted by molar-refractivity contribution is -0.167. The predicted molar refractivity (Wildman–Crippen MR) is 53.6 cm³/mol. The molecule has 1 aromatic rings. The highest BCUT2D eigenvalue weighted by Crippen LogP contribution is 2.07. The molecule has 5 nitrogen and oxygen atoms in total. The normalized spacial score (nSPS) is 10.1. The maximum absolute atomic E-state index is 11.5. The summed E-state index contributed by atoms with van der Waals surface area (Å²) in [6.45, 7) is -0.167. The molecule has 5 heteroatoms. The van der Waals surface area contributed by atoms with E-state index >= 15 is 0 Å². The molecule has 0 aromatic carbocycles. The molecule has 1 heterocycles. The molecule has 0 atom stereocenters. The Hall–Kier alpha value is -1.46. The van der Waals surface area contributed by atoms with Gasteiger partial charge < -0.3 is 5.11 Å². The van der Waals surface area contributed by atoms with Crippen LogP contribution in [0.25, 0.3) is 0 Å². The number of aliphatic hydroxyl groups excluding tert-OH is 1. The first kappa shape index (κ1) is 11.6. The Bertz CT molecular complexity index is 341. The van der Waals surface area contributed by atoms with Crippen molar-refractivity contribution in [2.24, 2.45) is 0 Å². The van der Waals surface area contributed by atoms with Crippen LogP contribution in [-0.4, -0.2) is 35.2 Å². The molecular formula is C10H14N2O3. The van der Waals surface area contributed by atoms with Gasteiger partial charge >= 0.3 is 0 Å². The summed E-state index contributed by atoms with van der Waals surface area (Å²) in [6.07, 6.45) is 1.76. The number of aromatic nitrogens is 1. The number of hydrogen-bond acceptors (Lipinski definition) is 4. The summed E-state index contributed by atoms with van der Waals surface area (Å²) in [7, 11) is 2.96. The predicted octanol–water partition coefficient (Wildman–Crippen LogP) is 0.136. The van der Waals surface area contributed by atoms with Gasteiger partial charge in [0.25, 0.3) is 0 Å². The number of pyridine rings is 1. The molecule has 1 aromatic heterocycles. The van der Waals surface area contributed by atoms with Gasteiger partial charge in [-0.3, -0.25) is 14.6 Å². The summed E-state index contributed by atoms with van der Waals surface area (Å²) in [5.41, 5.74) is 1.24.